The molecule has 0 saturated heterocycles. The van der Waals surface area contributed by atoms with Crippen molar-refractivity contribution >= 4 is 10.0 Å². The van der Waals surface area contributed by atoms with Crippen LogP contribution in [0.1, 0.15) is 39.8 Å². The van der Waals surface area contributed by atoms with E-state index in [9.17, 15) is 8.42 Å². The first-order valence-corrected chi connectivity index (χ1v) is 8.35. The van der Waals surface area contributed by atoms with Gasteiger partial charge in [0.05, 0.1) is 4.90 Å². The normalized spacial score (nSPS) is 13.7. The molecule has 0 aliphatic heterocycles. The fourth-order valence-electron chi connectivity index (χ4n) is 1.78. The maximum Gasteiger partial charge on any atom is 0.242 e. The summed E-state index contributed by atoms with van der Waals surface area (Å²) in [5, 5.41) is 3.22. The van der Waals surface area contributed by atoms with Gasteiger partial charge in [0, 0.05) is 31.0 Å². The quantitative estimate of drug-likeness (QED) is 0.765. The summed E-state index contributed by atoms with van der Waals surface area (Å²) in [4.78, 5) is 0.350. The largest absolute Gasteiger partial charge is 0.349 e. The van der Waals surface area contributed by atoms with Crippen molar-refractivity contribution in [3.8, 4) is 0 Å². The average Bonchev–Trinajstić information content (AvgIpc) is 2.79. The number of hydrogen-bond acceptors (Lipinski definition) is 3. The van der Waals surface area contributed by atoms with Crippen molar-refractivity contribution in [3.63, 3.8) is 0 Å². The number of nitrogens with zero attached hydrogens (tertiary/aromatic N) is 1. The van der Waals surface area contributed by atoms with Gasteiger partial charge < -0.3 is 9.88 Å². The molecule has 1 unspecified atom stereocenters. The summed E-state index contributed by atoms with van der Waals surface area (Å²) in [6.07, 6.45) is 2.48. The van der Waals surface area contributed by atoms with E-state index in [4.69, 9.17) is 0 Å². The van der Waals surface area contributed by atoms with E-state index in [1.165, 1.54) is 0 Å². The van der Waals surface area contributed by atoms with Crippen LogP contribution in [0, 0.1) is 0 Å². The third-order valence-corrected chi connectivity index (χ3v) is 4.69. The molecular formula is C13H25N3O2S. The highest BCUT2D eigenvalue weighted by Crippen LogP contribution is 2.15. The zero-order chi connectivity index (χ0) is 14.5. The molecule has 19 heavy (non-hydrogen) atoms. The van der Waals surface area contributed by atoms with Gasteiger partial charge in [-0.3, -0.25) is 0 Å². The summed E-state index contributed by atoms with van der Waals surface area (Å²) >= 11 is 0. The lowest BCUT2D eigenvalue weighted by atomic mass is 10.3. The lowest BCUT2D eigenvalue weighted by Gasteiger charge is -2.10. The summed E-state index contributed by atoms with van der Waals surface area (Å²) in [7, 11) is -3.41. The van der Waals surface area contributed by atoms with E-state index in [1.807, 2.05) is 32.3 Å². The van der Waals surface area contributed by atoms with Crippen LogP contribution in [0.5, 0.6) is 0 Å². The number of rotatable bonds is 8. The monoisotopic (exact) mass is 287 g/mol. The third-order valence-electron chi connectivity index (χ3n) is 3.14. The smallest absolute Gasteiger partial charge is 0.242 e. The Balaban J connectivity index is 2.97. The summed E-state index contributed by atoms with van der Waals surface area (Å²) in [5.74, 6) is 0. The maximum absolute atomic E-state index is 12.2. The highest BCUT2D eigenvalue weighted by Gasteiger charge is 2.19. The molecule has 0 bridgehead atoms. The summed E-state index contributed by atoms with van der Waals surface area (Å²) in [5.41, 5.74) is 0.994. The van der Waals surface area contributed by atoms with E-state index < -0.39 is 10.0 Å². The lowest BCUT2D eigenvalue weighted by Crippen LogP contribution is -2.31. The van der Waals surface area contributed by atoms with Crippen LogP contribution in [0.4, 0.5) is 0 Å². The van der Waals surface area contributed by atoms with Gasteiger partial charge in [-0.15, -0.1) is 0 Å². The summed E-state index contributed by atoms with van der Waals surface area (Å²) < 4.78 is 29.1. The number of nitrogens with one attached hydrogen (secondary N) is 2. The predicted octanol–water partition coefficient (Wildman–Crippen LogP) is 1.69. The molecule has 1 aromatic heterocycles. The van der Waals surface area contributed by atoms with Crippen molar-refractivity contribution in [1.29, 1.82) is 0 Å². The SMILES string of the molecule is CCNCc1cc(S(=O)(=O)NC(C)CC)cn1CC. The summed E-state index contributed by atoms with van der Waals surface area (Å²) in [6, 6.07) is 1.70. The maximum atomic E-state index is 12.2. The van der Waals surface area contributed by atoms with E-state index in [-0.39, 0.29) is 6.04 Å². The highest BCUT2D eigenvalue weighted by molar-refractivity contribution is 7.89. The molecule has 1 rings (SSSR count). The van der Waals surface area contributed by atoms with Gasteiger partial charge in [0.15, 0.2) is 0 Å². The average molecular weight is 287 g/mol. The topological polar surface area (TPSA) is 63.1 Å². The van der Waals surface area contributed by atoms with E-state index in [0.29, 0.717) is 11.4 Å². The lowest BCUT2D eigenvalue weighted by molar-refractivity contribution is 0.555. The van der Waals surface area contributed by atoms with Gasteiger partial charge in [0.2, 0.25) is 10.0 Å². The van der Waals surface area contributed by atoms with Gasteiger partial charge in [-0.2, -0.15) is 0 Å². The van der Waals surface area contributed by atoms with E-state index in [1.54, 1.807) is 12.3 Å². The number of hydrogen-bond donors (Lipinski definition) is 2. The van der Waals surface area contributed by atoms with E-state index in [2.05, 4.69) is 10.0 Å². The van der Waals surface area contributed by atoms with Crippen LogP contribution in [0.15, 0.2) is 17.2 Å². The Bertz CT molecular complexity index is 494. The first-order valence-electron chi connectivity index (χ1n) is 6.86. The van der Waals surface area contributed by atoms with Gasteiger partial charge in [-0.1, -0.05) is 13.8 Å². The molecule has 1 aromatic rings. The second-order valence-electron chi connectivity index (χ2n) is 4.66. The Labute approximate surface area is 116 Å². The molecule has 0 fully saturated rings. The van der Waals surface area contributed by atoms with Crippen LogP contribution in [-0.2, 0) is 23.1 Å². The van der Waals surface area contributed by atoms with Gasteiger partial charge in [-0.05, 0) is 32.9 Å². The molecule has 5 nitrogen and oxygen atoms in total. The van der Waals surface area contributed by atoms with Crippen LogP contribution in [0.2, 0.25) is 0 Å². The van der Waals surface area contributed by atoms with Crippen LogP contribution in [0.25, 0.3) is 0 Å². The van der Waals surface area contributed by atoms with Crippen LogP contribution < -0.4 is 10.0 Å². The predicted molar refractivity (Wildman–Crippen MR) is 77.6 cm³/mol. The molecule has 2 N–H and O–H groups in total. The van der Waals surface area contributed by atoms with Crippen molar-refractivity contribution in [3.05, 3.63) is 18.0 Å². The fraction of sp³-hybridized carbons (Fsp3) is 0.692. The third kappa shape index (κ3) is 4.33. The second-order valence-corrected chi connectivity index (χ2v) is 6.38. The van der Waals surface area contributed by atoms with Crippen LogP contribution in [0.3, 0.4) is 0 Å². The van der Waals surface area contributed by atoms with Gasteiger partial charge in [0.25, 0.3) is 0 Å². The zero-order valence-electron chi connectivity index (χ0n) is 12.2. The fourth-order valence-corrected chi connectivity index (χ4v) is 3.17. The minimum atomic E-state index is -3.41. The molecule has 1 heterocycles. The first kappa shape index (κ1) is 16.2. The highest BCUT2D eigenvalue weighted by atomic mass is 32.2. The van der Waals surface area contributed by atoms with Gasteiger partial charge in [0.1, 0.15) is 0 Å². The number of sulfonamides is 1. The molecule has 0 spiro atoms. The minimum Gasteiger partial charge on any atom is -0.349 e. The molecule has 110 valence electrons. The minimum absolute atomic E-state index is 0.0489. The first-order chi connectivity index (χ1) is 8.94. The molecule has 0 aliphatic rings. The molecule has 0 saturated carbocycles. The van der Waals surface area contributed by atoms with Crippen molar-refractivity contribution < 1.29 is 8.42 Å². The zero-order valence-corrected chi connectivity index (χ0v) is 13.0. The molecule has 0 radical (unpaired) electrons. The van der Waals surface area contributed by atoms with E-state index in [0.717, 1.165) is 25.2 Å². The Morgan fingerprint density at radius 3 is 2.53 bits per heavy atom. The Morgan fingerprint density at radius 2 is 2.00 bits per heavy atom. The molecule has 0 aliphatic carbocycles. The second kappa shape index (κ2) is 7.07. The van der Waals surface area contributed by atoms with Gasteiger partial charge >= 0.3 is 0 Å². The van der Waals surface area contributed by atoms with Crippen molar-refractivity contribution in [2.24, 2.45) is 0 Å². The molecular weight excluding hydrogens is 262 g/mol. The number of aromatic nitrogens is 1. The van der Waals surface area contributed by atoms with Gasteiger partial charge in [-0.25, -0.2) is 13.1 Å². The molecule has 0 amide bonds. The Morgan fingerprint density at radius 1 is 1.32 bits per heavy atom. The Kier molecular flexibility index (Phi) is 6.03. The summed E-state index contributed by atoms with van der Waals surface area (Å²) in [6.45, 7) is 10.2. The number of aryl methyl sites for hydroxylation is 1. The molecule has 0 aromatic carbocycles. The van der Waals surface area contributed by atoms with Crippen molar-refractivity contribution in [2.45, 2.75) is 58.1 Å². The van der Waals surface area contributed by atoms with Crippen molar-refractivity contribution in [1.82, 2.24) is 14.6 Å². The molecule has 1 atom stereocenters. The van der Waals surface area contributed by atoms with Crippen molar-refractivity contribution in [2.75, 3.05) is 6.54 Å². The van der Waals surface area contributed by atoms with Crippen LogP contribution >= 0.6 is 0 Å². The van der Waals surface area contributed by atoms with E-state index >= 15 is 0 Å². The molecule has 6 heteroatoms. The standard InChI is InChI=1S/C13H25N3O2S/c1-5-11(4)15-19(17,18)13-8-12(9-14-6-2)16(7-3)10-13/h8,10-11,14-15H,5-7,9H2,1-4H3. The van der Waals surface area contributed by atoms with Crippen LogP contribution in [-0.4, -0.2) is 25.6 Å². The Hall–Kier alpha value is -0.850.